The van der Waals surface area contributed by atoms with E-state index in [1.165, 1.54) is 23.1 Å². The van der Waals surface area contributed by atoms with Crippen molar-refractivity contribution >= 4 is 67.1 Å². The summed E-state index contributed by atoms with van der Waals surface area (Å²) in [6.45, 7) is 2.43. The molecule has 25 heavy (non-hydrogen) atoms. The zero-order chi connectivity index (χ0) is 17.6. The van der Waals surface area contributed by atoms with Crippen molar-refractivity contribution in [2.24, 2.45) is 0 Å². The van der Waals surface area contributed by atoms with E-state index in [0.717, 1.165) is 19.4 Å². The maximum absolute atomic E-state index is 12.2. The molecule has 2 heterocycles. The van der Waals surface area contributed by atoms with Gasteiger partial charge in [-0.2, -0.15) is 0 Å². The quantitative estimate of drug-likeness (QED) is 0.496. The molecular formula is C16H15BrN4OS3. The highest BCUT2D eigenvalue weighted by atomic mass is 79.9. The van der Waals surface area contributed by atoms with Gasteiger partial charge in [-0.25, -0.2) is 0 Å². The van der Waals surface area contributed by atoms with Crippen molar-refractivity contribution in [3.05, 3.63) is 51.1 Å². The number of benzene rings is 1. The summed E-state index contributed by atoms with van der Waals surface area (Å²) in [5.74, 6) is -0.00454. The van der Waals surface area contributed by atoms with E-state index in [9.17, 15) is 4.79 Å². The summed E-state index contributed by atoms with van der Waals surface area (Å²) in [6.07, 6.45) is 0. The first kappa shape index (κ1) is 18.4. The van der Waals surface area contributed by atoms with Crippen LogP contribution in [0, 0.1) is 0 Å². The van der Waals surface area contributed by atoms with Crippen LogP contribution in [0.3, 0.4) is 0 Å². The third-order valence-corrected chi connectivity index (χ3v) is 6.54. The molecule has 9 heteroatoms. The molecule has 0 aliphatic carbocycles. The van der Waals surface area contributed by atoms with Crippen LogP contribution in [-0.4, -0.2) is 21.4 Å². The van der Waals surface area contributed by atoms with Crippen molar-refractivity contribution < 1.29 is 4.79 Å². The Morgan fingerprint density at radius 1 is 1.32 bits per heavy atom. The van der Waals surface area contributed by atoms with Crippen molar-refractivity contribution in [3.8, 4) is 0 Å². The first-order valence-corrected chi connectivity index (χ1v) is 10.8. The van der Waals surface area contributed by atoms with Crippen LogP contribution in [0.15, 0.2) is 50.6 Å². The summed E-state index contributed by atoms with van der Waals surface area (Å²) in [5.41, 5.74) is 0.934. The molecule has 0 saturated heterocycles. The number of thioether (sulfide) groups is 1. The van der Waals surface area contributed by atoms with Gasteiger partial charge in [0.2, 0.25) is 11.0 Å². The molecule has 0 saturated carbocycles. The predicted molar refractivity (Wildman–Crippen MR) is 109 cm³/mol. The Kier molecular flexibility index (Phi) is 6.46. The largest absolute Gasteiger partial charge is 0.350 e. The van der Waals surface area contributed by atoms with Crippen LogP contribution >= 0.6 is 50.4 Å². The third-order valence-electron chi connectivity index (χ3n) is 3.15. The Hall–Kier alpha value is -1.42. The predicted octanol–water partition coefficient (Wildman–Crippen LogP) is 4.90. The van der Waals surface area contributed by atoms with Crippen molar-refractivity contribution in [3.63, 3.8) is 0 Å². The zero-order valence-corrected chi connectivity index (χ0v) is 17.3. The molecule has 2 N–H and O–H groups in total. The van der Waals surface area contributed by atoms with E-state index in [0.29, 0.717) is 11.7 Å². The summed E-state index contributed by atoms with van der Waals surface area (Å²) in [4.78, 5) is 13.3. The lowest BCUT2D eigenvalue weighted by Crippen LogP contribution is -2.30. The fourth-order valence-corrected chi connectivity index (χ4v) is 4.92. The summed E-state index contributed by atoms with van der Waals surface area (Å²) < 4.78 is 1.75. The molecule has 3 rings (SSSR count). The normalized spacial score (nSPS) is 11.9. The summed E-state index contributed by atoms with van der Waals surface area (Å²) in [7, 11) is 0. The van der Waals surface area contributed by atoms with Crippen molar-refractivity contribution in [2.45, 2.75) is 23.1 Å². The zero-order valence-electron chi connectivity index (χ0n) is 13.2. The molecule has 1 aromatic carbocycles. The number of carbonyl (C=O) groups is 1. The van der Waals surface area contributed by atoms with E-state index in [1.54, 1.807) is 11.3 Å². The molecule has 0 spiro atoms. The minimum Gasteiger partial charge on any atom is -0.350 e. The number of hydrogen-bond donors (Lipinski definition) is 2. The molecule has 0 fully saturated rings. The number of anilines is 2. The highest BCUT2D eigenvalue weighted by Crippen LogP contribution is 2.31. The lowest BCUT2D eigenvalue weighted by molar-refractivity contribution is -0.120. The molecule has 2 aromatic heterocycles. The van der Waals surface area contributed by atoms with E-state index in [1.807, 2.05) is 48.7 Å². The monoisotopic (exact) mass is 454 g/mol. The number of hydrogen-bond acceptors (Lipinski definition) is 7. The minimum absolute atomic E-state index is 0.00454. The molecule has 0 aliphatic heterocycles. The highest BCUT2D eigenvalue weighted by molar-refractivity contribution is 9.10. The smallest absolute Gasteiger partial charge is 0.233 e. The highest BCUT2D eigenvalue weighted by Gasteiger charge is 2.17. The van der Waals surface area contributed by atoms with Crippen LogP contribution in [0.1, 0.15) is 11.8 Å². The van der Waals surface area contributed by atoms with Gasteiger partial charge in [0.05, 0.1) is 11.8 Å². The molecule has 0 bridgehead atoms. The van der Waals surface area contributed by atoms with Crippen LogP contribution in [0.2, 0.25) is 0 Å². The molecule has 0 aliphatic rings. The number of thiophene rings is 1. The second-order valence-electron chi connectivity index (χ2n) is 5.07. The second-order valence-corrected chi connectivity index (χ2v) is 9.58. The van der Waals surface area contributed by atoms with Gasteiger partial charge in [-0.1, -0.05) is 51.2 Å². The average molecular weight is 455 g/mol. The van der Waals surface area contributed by atoms with E-state index in [2.05, 4.69) is 36.8 Å². The number of halogens is 1. The fraction of sp³-hybridized carbons (Fsp3) is 0.188. The Morgan fingerprint density at radius 3 is 2.96 bits per heavy atom. The maximum Gasteiger partial charge on any atom is 0.233 e. The molecular weight excluding hydrogens is 440 g/mol. The molecule has 1 atom stereocenters. The van der Waals surface area contributed by atoms with Gasteiger partial charge in [-0.15, -0.1) is 21.5 Å². The molecule has 5 nitrogen and oxygen atoms in total. The number of rotatable bonds is 7. The Morgan fingerprint density at radius 2 is 2.20 bits per heavy atom. The minimum atomic E-state index is -0.230. The standard InChI is InChI=1S/C16H15BrN4OS3/c1-10(14(22)18-9-13-6-3-7-23-13)24-16-21-20-15(25-16)19-12-5-2-4-11(17)8-12/h2-8,10H,9H2,1H3,(H,18,22)(H,19,20). The van der Waals surface area contributed by atoms with Gasteiger partial charge in [0.15, 0.2) is 4.34 Å². The summed E-state index contributed by atoms with van der Waals surface area (Å²) in [6, 6.07) is 11.8. The van der Waals surface area contributed by atoms with Gasteiger partial charge < -0.3 is 10.6 Å². The first-order chi connectivity index (χ1) is 12.1. The van der Waals surface area contributed by atoms with Gasteiger partial charge >= 0.3 is 0 Å². The topological polar surface area (TPSA) is 66.9 Å². The molecule has 1 unspecified atom stereocenters. The molecule has 0 radical (unpaired) electrons. The van der Waals surface area contributed by atoms with E-state index < -0.39 is 0 Å². The molecule has 130 valence electrons. The van der Waals surface area contributed by atoms with Crippen molar-refractivity contribution in [2.75, 3.05) is 5.32 Å². The van der Waals surface area contributed by atoms with Gasteiger partial charge in [0, 0.05) is 15.0 Å². The van der Waals surface area contributed by atoms with E-state index in [4.69, 9.17) is 0 Å². The number of amides is 1. The molecule has 3 aromatic rings. The maximum atomic E-state index is 12.2. The number of aromatic nitrogens is 2. The Balaban J connectivity index is 1.52. The van der Waals surface area contributed by atoms with E-state index in [-0.39, 0.29) is 11.2 Å². The van der Waals surface area contributed by atoms with Crippen molar-refractivity contribution in [1.82, 2.24) is 15.5 Å². The van der Waals surface area contributed by atoms with Gasteiger partial charge in [-0.05, 0) is 36.6 Å². The van der Waals surface area contributed by atoms with Gasteiger partial charge in [-0.3, -0.25) is 4.79 Å². The van der Waals surface area contributed by atoms with Crippen molar-refractivity contribution in [1.29, 1.82) is 0 Å². The number of nitrogens with zero attached hydrogens (tertiary/aromatic N) is 2. The second kappa shape index (κ2) is 8.79. The van der Waals surface area contributed by atoms with Crippen LogP contribution in [0.5, 0.6) is 0 Å². The Labute approximate surface area is 166 Å². The van der Waals surface area contributed by atoms with Gasteiger partial charge in [0.1, 0.15) is 0 Å². The first-order valence-electron chi connectivity index (χ1n) is 7.43. The van der Waals surface area contributed by atoms with Crippen LogP contribution in [0.4, 0.5) is 10.8 Å². The SMILES string of the molecule is CC(Sc1nnc(Nc2cccc(Br)c2)s1)C(=O)NCc1cccs1. The number of nitrogens with one attached hydrogen (secondary N) is 2. The van der Waals surface area contributed by atoms with Crippen LogP contribution < -0.4 is 10.6 Å². The molecule has 1 amide bonds. The lowest BCUT2D eigenvalue weighted by atomic mass is 10.3. The average Bonchev–Trinajstić information content (AvgIpc) is 3.24. The number of carbonyl (C=O) groups excluding carboxylic acids is 1. The summed E-state index contributed by atoms with van der Waals surface area (Å²) >= 11 is 7.91. The summed E-state index contributed by atoms with van der Waals surface area (Å²) in [5, 5.41) is 16.9. The van der Waals surface area contributed by atoms with E-state index >= 15 is 0 Å². The Bertz CT molecular complexity index is 838. The van der Waals surface area contributed by atoms with Crippen LogP contribution in [0.25, 0.3) is 0 Å². The van der Waals surface area contributed by atoms with Gasteiger partial charge in [0.25, 0.3) is 0 Å². The fourth-order valence-electron chi connectivity index (χ4n) is 1.93. The lowest BCUT2D eigenvalue weighted by Gasteiger charge is -2.09. The van der Waals surface area contributed by atoms with Crippen LogP contribution in [-0.2, 0) is 11.3 Å². The third kappa shape index (κ3) is 5.53.